The van der Waals surface area contributed by atoms with Gasteiger partial charge in [0.2, 0.25) is 17.5 Å². The summed E-state index contributed by atoms with van der Waals surface area (Å²) in [6.45, 7) is 0. The number of carbonyl (C=O) groups excluding carboxylic acids is 3. The summed E-state index contributed by atoms with van der Waals surface area (Å²) < 4.78 is 0. The van der Waals surface area contributed by atoms with Gasteiger partial charge >= 0.3 is 0 Å². The molecule has 0 unspecified atom stereocenters. The van der Waals surface area contributed by atoms with Crippen LogP contribution in [0, 0.1) is 0 Å². The molecule has 1 aromatic heterocycles. The van der Waals surface area contributed by atoms with Crippen LogP contribution in [0.1, 0.15) is 224 Å². The Kier molecular flexibility index (Phi) is 12.9. The second kappa shape index (κ2) is 18.0. The predicted octanol–water partition coefficient (Wildman–Crippen LogP) is 9.19. The minimum Gasteiger partial charge on any atom is -0.330 e. The average molecular weight is 703 g/mol. The molecular formula is C42H66N6O3. The maximum atomic E-state index is 15.0. The average Bonchev–Trinajstić information content (AvgIpc) is 3.20. The van der Waals surface area contributed by atoms with Gasteiger partial charge in [0, 0.05) is 36.3 Å². The van der Waals surface area contributed by atoms with Gasteiger partial charge in [0.1, 0.15) is 0 Å². The smallest absolute Gasteiger partial charge is 0.292 e. The molecule has 282 valence electrons. The zero-order valence-electron chi connectivity index (χ0n) is 31.6. The molecule has 7 rings (SSSR count). The Labute approximate surface area is 307 Å². The van der Waals surface area contributed by atoms with Crippen LogP contribution in [0.3, 0.4) is 0 Å². The summed E-state index contributed by atoms with van der Waals surface area (Å²) in [5, 5.41) is 0. The van der Waals surface area contributed by atoms with Crippen LogP contribution in [-0.2, 0) is 0 Å². The van der Waals surface area contributed by atoms with E-state index in [0.717, 1.165) is 154 Å². The van der Waals surface area contributed by atoms with E-state index < -0.39 is 0 Å². The molecule has 1 aromatic rings. The van der Waals surface area contributed by atoms with E-state index in [1.165, 1.54) is 38.5 Å². The van der Waals surface area contributed by atoms with Crippen molar-refractivity contribution in [2.75, 3.05) is 0 Å². The lowest BCUT2D eigenvalue weighted by atomic mass is 9.88. The van der Waals surface area contributed by atoms with Gasteiger partial charge in [-0.05, 0) is 77.0 Å². The van der Waals surface area contributed by atoms with E-state index in [1.807, 2.05) is 0 Å². The number of hydrogen-bond donors (Lipinski definition) is 0. The molecule has 1 heterocycles. The first-order valence-electron chi connectivity index (χ1n) is 21.8. The molecule has 0 radical (unpaired) electrons. The summed E-state index contributed by atoms with van der Waals surface area (Å²) in [5.41, 5.74) is 0. The van der Waals surface area contributed by atoms with Gasteiger partial charge in [-0.3, -0.25) is 14.4 Å². The van der Waals surface area contributed by atoms with E-state index in [-0.39, 0.29) is 71.4 Å². The van der Waals surface area contributed by atoms with Crippen molar-refractivity contribution in [3.63, 3.8) is 0 Å². The molecule has 0 bridgehead atoms. The van der Waals surface area contributed by atoms with Crippen LogP contribution in [0.25, 0.3) is 0 Å². The van der Waals surface area contributed by atoms with Crippen molar-refractivity contribution in [2.45, 2.75) is 229 Å². The minimum absolute atomic E-state index is 0.0207. The molecule has 0 spiro atoms. The number of hydrogen-bond acceptors (Lipinski definition) is 6. The predicted molar refractivity (Wildman–Crippen MR) is 200 cm³/mol. The van der Waals surface area contributed by atoms with Crippen LogP contribution >= 0.6 is 0 Å². The van der Waals surface area contributed by atoms with Crippen molar-refractivity contribution in [2.24, 2.45) is 0 Å². The maximum Gasteiger partial charge on any atom is 0.292 e. The normalized spacial score (nSPS) is 24.2. The van der Waals surface area contributed by atoms with Crippen molar-refractivity contribution in [1.82, 2.24) is 29.7 Å². The molecule has 0 atom stereocenters. The van der Waals surface area contributed by atoms with Crippen LogP contribution in [0.2, 0.25) is 0 Å². The quantitative estimate of drug-likeness (QED) is 0.255. The van der Waals surface area contributed by atoms with Crippen LogP contribution in [-0.4, -0.2) is 83.6 Å². The summed E-state index contributed by atoms with van der Waals surface area (Å²) in [5.74, 6) is -0.513. The van der Waals surface area contributed by atoms with Crippen molar-refractivity contribution in [1.29, 1.82) is 0 Å². The molecule has 3 amide bonds. The van der Waals surface area contributed by atoms with Crippen molar-refractivity contribution < 1.29 is 14.4 Å². The molecule has 51 heavy (non-hydrogen) atoms. The molecule has 6 aliphatic carbocycles. The van der Waals surface area contributed by atoms with E-state index in [4.69, 9.17) is 15.0 Å². The Balaban J connectivity index is 1.29. The number of nitrogens with zero attached hydrogens (tertiary/aromatic N) is 6. The standard InChI is InChI=1S/C42H66N6O3/c49-40(46(31-19-7-1-8-20-31)32-21-9-2-10-22-32)37-43-38(41(50)47(33-23-11-3-12-24-33)34-25-13-4-14-26-34)45-39(44-37)42(51)48(35-27-15-5-16-28-35)36-29-17-6-18-30-36/h31-36H,1-30H2. The Morgan fingerprint density at radius 1 is 0.294 bits per heavy atom. The summed E-state index contributed by atoms with van der Waals surface area (Å²) in [4.78, 5) is 65.8. The third-order valence-electron chi connectivity index (χ3n) is 13.7. The fraction of sp³-hybridized carbons (Fsp3) is 0.857. The highest BCUT2D eigenvalue weighted by Gasteiger charge is 2.40. The van der Waals surface area contributed by atoms with Crippen molar-refractivity contribution in [3.8, 4) is 0 Å². The van der Waals surface area contributed by atoms with Crippen molar-refractivity contribution in [3.05, 3.63) is 17.5 Å². The Bertz CT molecular complexity index is 1080. The Morgan fingerprint density at radius 3 is 0.608 bits per heavy atom. The van der Waals surface area contributed by atoms with Gasteiger partial charge in [-0.25, -0.2) is 0 Å². The van der Waals surface area contributed by atoms with Gasteiger partial charge in [0.25, 0.3) is 17.7 Å². The van der Waals surface area contributed by atoms with E-state index in [2.05, 4.69) is 14.7 Å². The van der Waals surface area contributed by atoms with E-state index in [1.54, 1.807) is 0 Å². The zero-order chi connectivity index (χ0) is 35.0. The van der Waals surface area contributed by atoms with Gasteiger partial charge in [0.05, 0.1) is 0 Å². The first-order chi connectivity index (χ1) is 25.1. The molecule has 0 aromatic carbocycles. The Hall–Kier alpha value is -2.58. The number of carbonyl (C=O) groups is 3. The lowest BCUT2D eigenvalue weighted by Crippen LogP contribution is -2.51. The van der Waals surface area contributed by atoms with E-state index >= 15 is 0 Å². The summed E-state index contributed by atoms with van der Waals surface area (Å²) in [6.07, 6.45) is 32.8. The van der Waals surface area contributed by atoms with Crippen LogP contribution in [0.4, 0.5) is 0 Å². The molecule has 6 fully saturated rings. The third-order valence-corrected chi connectivity index (χ3v) is 13.7. The molecule has 0 saturated heterocycles. The summed E-state index contributed by atoms with van der Waals surface area (Å²) >= 11 is 0. The van der Waals surface area contributed by atoms with Gasteiger partial charge in [-0.15, -0.1) is 0 Å². The number of aromatic nitrogens is 3. The fourth-order valence-corrected chi connectivity index (χ4v) is 11.1. The van der Waals surface area contributed by atoms with Crippen LogP contribution in [0.15, 0.2) is 0 Å². The first kappa shape index (κ1) is 36.8. The third kappa shape index (κ3) is 8.80. The molecule has 0 aliphatic heterocycles. The molecule has 0 N–H and O–H groups in total. The molecular weight excluding hydrogens is 637 g/mol. The van der Waals surface area contributed by atoms with Crippen molar-refractivity contribution >= 4 is 17.7 Å². The van der Waals surface area contributed by atoms with E-state index in [9.17, 15) is 14.4 Å². The highest BCUT2D eigenvalue weighted by molar-refractivity contribution is 5.98. The van der Waals surface area contributed by atoms with Gasteiger partial charge in [-0.1, -0.05) is 116 Å². The minimum atomic E-state index is -0.192. The largest absolute Gasteiger partial charge is 0.330 e. The monoisotopic (exact) mass is 703 g/mol. The van der Waals surface area contributed by atoms with Crippen LogP contribution < -0.4 is 0 Å². The summed E-state index contributed by atoms with van der Waals surface area (Å²) in [7, 11) is 0. The lowest BCUT2D eigenvalue weighted by Gasteiger charge is -2.42. The zero-order valence-corrected chi connectivity index (χ0v) is 31.6. The van der Waals surface area contributed by atoms with Gasteiger partial charge < -0.3 is 14.7 Å². The van der Waals surface area contributed by atoms with Crippen LogP contribution in [0.5, 0.6) is 0 Å². The molecule has 6 aliphatic rings. The molecule has 9 nitrogen and oxygen atoms in total. The first-order valence-corrected chi connectivity index (χ1v) is 21.8. The van der Waals surface area contributed by atoms with E-state index in [0.29, 0.717) is 0 Å². The second-order valence-electron chi connectivity index (χ2n) is 17.2. The fourth-order valence-electron chi connectivity index (χ4n) is 11.1. The maximum absolute atomic E-state index is 15.0. The second-order valence-corrected chi connectivity index (χ2v) is 17.2. The lowest BCUT2D eigenvalue weighted by molar-refractivity contribution is 0.0414. The van der Waals surface area contributed by atoms with Gasteiger partial charge in [0.15, 0.2) is 0 Å². The van der Waals surface area contributed by atoms with Gasteiger partial charge in [-0.2, -0.15) is 15.0 Å². The Morgan fingerprint density at radius 2 is 0.451 bits per heavy atom. The topological polar surface area (TPSA) is 99.6 Å². The number of rotatable bonds is 9. The molecule has 9 heteroatoms. The SMILES string of the molecule is O=C(c1nc(C(=O)N(C2CCCCC2)C2CCCCC2)nc(C(=O)N(C2CCCCC2)C2CCCCC2)n1)N(C1CCCCC1)C1CCCCC1. The highest BCUT2D eigenvalue weighted by atomic mass is 16.2. The number of amides is 3. The highest BCUT2D eigenvalue weighted by Crippen LogP contribution is 2.35. The molecule has 6 saturated carbocycles. The summed E-state index contributed by atoms with van der Waals surface area (Å²) in [6, 6.07) is 0.952.